The molecule has 1 heterocycles. The lowest BCUT2D eigenvalue weighted by atomic mass is 10.0. The highest BCUT2D eigenvalue weighted by Gasteiger charge is 2.30. The van der Waals surface area contributed by atoms with Crippen LogP contribution in [-0.2, 0) is 10.0 Å². The second-order valence-corrected chi connectivity index (χ2v) is 7.88. The van der Waals surface area contributed by atoms with E-state index in [0.29, 0.717) is 24.7 Å². The highest BCUT2D eigenvalue weighted by atomic mass is 35.5. The molecule has 1 saturated heterocycles. The molecule has 1 aliphatic rings. The monoisotopic (exact) mass is 352 g/mol. The molecule has 1 N–H and O–H groups in total. The van der Waals surface area contributed by atoms with Gasteiger partial charge in [0.1, 0.15) is 4.90 Å². The van der Waals surface area contributed by atoms with Crippen molar-refractivity contribution in [2.24, 2.45) is 0 Å². The van der Waals surface area contributed by atoms with Crippen LogP contribution < -0.4 is 5.32 Å². The quantitative estimate of drug-likeness (QED) is 0.909. The number of piperazine rings is 1. The zero-order valence-corrected chi connectivity index (χ0v) is 14.9. The van der Waals surface area contributed by atoms with Gasteiger partial charge in [-0.15, -0.1) is 12.4 Å². The topological polar surface area (TPSA) is 49.4 Å². The molecule has 0 amide bonds. The fourth-order valence-corrected chi connectivity index (χ4v) is 4.37. The highest BCUT2D eigenvalue weighted by molar-refractivity contribution is 7.89. The minimum absolute atomic E-state index is 0. The van der Waals surface area contributed by atoms with Gasteiger partial charge in [-0.25, -0.2) is 8.42 Å². The average molecular weight is 353 g/mol. The Bertz CT molecular complexity index is 591. The van der Waals surface area contributed by atoms with Crippen molar-refractivity contribution in [1.29, 1.82) is 0 Å². The van der Waals surface area contributed by atoms with Crippen LogP contribution in [0, 0.1) is 0 Å². The second-order valence-electron chi connectivity index (χ2n) is 5.56. The van der Waals surface area contributed by atoms with Crippen molar-refractivity contribution < 1.29 is 8.42 Å². The van der Waals surface area contributed by atoms with E-state index in [2.05, 4.69) is 5.32 Å². The molecule has 0 radical (unpaired) electrons. The second kappa shape index (κ2) is 7.29. The van der Waals surface area contributed by atoms with E-state index in [0.717, 1.165) is 5.56 Å². The molecule has 7 heteroatoms. The number of benzene rings is 1. The highest BCUT2D eigenvalue weighted by Crippen LogP contribution is 2.28. The maximum absolute atomic E-state index is 12.7. The molecule has 0 unspecified atom stereocenters. The van der Waals surface area contributed by atoms with Gasteiger partial charge >= 0.3 is 0 Å². The Morgan fingerprint density at radius 1 is 1.38 bits per heavy atom. The molecule has 0 aliphatic carbocycles. The van der Waals surface area contributed by atoms with Crippen LogP contribution in [0.2, 0.25) is 5.02 Å². The molecule has 0 spiro atoms. The van der Waals surface area contributed by atoms with Gasteiger partial charge in [-0.05, 0) is 30.5 Å². The molecule has 0 bridgehead atoms. The molecule has 1 atom stereocenters. The third-order valence-electron chi connectivity index (χ3n) is 3.57. The predicted octanol–water partition coefficient (Wildman–Crippen LogP) is 2.87. The lowest BCUT2D eigenvalue weighted by Crippen LogP contribution is -2.51. The van der Waals surface area contributed by atoms with E-state index in [1.165, 1.54) is 4.31 Å². The van der Waals surface area contributed by atoms with Crippen molar-refractivity contribution in [3.63, 3.8) is 0 Å². The van der Waals surface area contributed by atoms with Crippen LogP contribution in [0.15, 0.2) is 23.1 Å². The molecule has 1 aromatic rings. The first-order valence-corrected chi connectivity index (χ1v) is 8.67. The van der Waals surface area contributed by atoms with Gasteiger partial charge in [0, 0.05) is 25.7 Å². The maximum atomic E-state index is 12.7. The molecule has 1 aliphatic heterocycles. The third kappa shape index (κ3) is 4.11. The Balaban J connectivity index is 0.00000220. The molecule has 120 valence electrons. The summed E-state index contributed by atoms with van der Waals surface area (Å²) in [6.45, 7) is 7.67. The van der Waals surface area contributed by atoms with Crippen LogP contribution in [0.3, 0.4) is 0 Å². The Labute approximate surface area is 138 Å². The molecular weight excluding hydrogens is 331 g/mol. The summed E-state index contributed by atoms with van der Waals surface area (Å²) in [5.74, 6) is 0.267. The summed E-state index contributed by atoms with van der Waals surface area (Å²) in [5.41, 5.74) is 0.983. The summed E-state index contributed by atoms with van der Waals surface area (Å²) in [6.07, 6.45) is 0. The first kappa shape index (κ1) is 18.7. The normalized spacial score (nSPS) is 20.3. The van der Waals surface area contributed by atoms with Gasteiger partial charge in [-0.1, -0.05) is 31.5 Å². The minimum atomic E-state index is -3.52. The first-order chi connectivity index (χ1) is 9.32. The minimum Gasteiger partial charge on any atom is -0.312 e. The fourth-order valence-electron chi connectivity index (χ4n) is 2.33. The smallest absolute Gasteiger partial charge is 0.244 e. The van der Waals surface area contributed by atoms with E-state index >= 15 is 0 Å². The van der Waals surface area contributed by atoms with Gasteiger partial charge < -0.3 is 5.32 Å². The fraction of sp³-hybridized carbons (Fsp3) is 0.571. The third-order valence-corrected chi connectivity index (χ3v) is 5.92. The maximum Gasteiger partial charge on any atom is 0.244 e. The summed E-state index contributed by atoms with van der Waals surface area (Å²) in [7, 11) is -3.52. The van der Waals surface area contributed by atoms with E-state index < -0.39 is 10.0 Å². The van der Waals surface area contributed by atoms with Gasteiger partial charge in [0.05, 0.1) is 5.02 Å². The summed E-state index contributed by atoms with van der Waals surface area (Å²) in [5, 5.41) is 3.53. The van der Waals surface area contributed by atoms with Crippen LogP contribution in [0.5, 0.6) is 0 Å². The van der Waals surface area contributed by atoms with Crippen molar-refractivity contribution in [3.05, 3.63) is 28.8 Å². The van der Waals surface area contributed by atoms with Crippen LogP contribution in [0.1, 0.15) is 32.3 Å². The van der Waals surface area contributed by atoms with Crippen LogP contribution >= 0.6 is 24.0 Å². The van der Waals surface area contributed by atoms with Gasteiger partial charge in [-0.3, -0.25) is 0 Å². The Morgan fingerprint density at radius 3 is 2.62 bits per heavy atom. The largest absolute Gasteiger partial charge is 0.312 e. The van der Waals surface area contributed by atoms with Gasteiger partial charge in [-0.2, -0.15) is 4.31 Å². The Kier molecular flexibility index (Phi) is 6.50. The van der Waals surface area contributed by atoms with E-state index in [-0.39, 0.29) is 29.3 Å². The molecule has 1 fully saturated rings. The molecule has 4 nitrogen and oxygen atoms in total. The number of nitrogens with zero attached hydrogens (tertiary/aromatic N) is 1. The van der Waals surface area contributed by atoms with Crippen LogP contribution in [-0.4, -0.2) is 38.4 Å². The predicted molar refractivity (Wildman–Crippen MR) is 89.0 cm³/mol. The van der Waals surface area contributed by atoms with Gasteiger partial charge in [0.2, 0.25) is 10.0 Å². The van der Waals surface area contributed by atoms with E-state index in [1.807, 2.05) is 26.8 Å². The molecule has 0 saturated carbocycles. The number of sulfonamides is 1. The van der Waals surface area contributed by atoms with E-state index in [1.54, 1.807) is 12.1 Å². The van der Waals surface area contributed by atoms with Crippen molar-refractivity contribution in [1.82, 2.24) is 9.62 Å². The van der Waals surface area contributed by atoms with Crippen LogP contribution in [0.4, 0.5) is 0 Å². The van der Waals surface area contributed by atoms with Crippen molar-refractivity contribution in [2.45, 2.75) is 37.6 Å². The van der Waals surface area contributed by atoms with Crippen molar-refractivity contribution in [2.75, 3.05) is 19.6 Å². The summed E-state index contributed by atoms with van der Waals surface area (Å²) in [6, 6.07) is 5.42. The molecule has 2 rings (SSSR count). The summed E-state index contributed by atoms with van der Waals surface area (Å²) < 4.78 is 27.0. The number of hydrogen-bond donors (Lipinski definition) is 1. The van der Waals surface area contributed by atoms with E-state index in [4.69, 9.17) is 11.6 Å². The number of hydrogen-bond acceptors (Lipinski definition) is 3. The Morgan fingerprint density at radius 2 is 2.05 bits per heavy atom. The lowest BCUT2D eigenvalue weighted by Gasteiger charge is -2.31. The number of nitrogens with one attached hydrogen (secondary N) is 1. The number of halogens is 2. The average Bonchev–Trinajstić information content (AvgIpc) is 2.38. The van der Waals surface area contributed by atoms with E-state index in [9.17, 15) is 8.42 Å². The zero-order chi connectivity index (χ0) is 14.9. The van der Waals surface area contributed by atoms with Gasteiger partial charge in [0.15, 0.2) is 0 Å². The summed E-state index contributed by atoms with van der Waals surface area (Å²) in [4.78, 5) is 0.222. The van der Waals surface area contributed by atoms with Crippen molar-refractivity contribution in [3.8, 4) is 0 Å². The zero-order valence-electron chi connectivity index (χ0n) is 12.5. The first-order valence-electron chi connectivity index (χ1n) is 6.85. The molecule has 21 heavy (non-hydrogen) atoms. The standard InChI is InChI=1S/C14H21ClN2O2S.ClH/c1-10(2)12-4-5-13(15)14(8-12)20(18,19)17-7-6-16-11(3)9-17;/h4-5,8,10-11,16H,6-7,9H2,1-3H3;1H/t11-;/m1./s1. The van der Waals surface area contributed by atoms with Crippen LogP contribution in [0.25, 0.3) is 0 Å². The molecule has 0 aromatic heterocycles. The SMILES string of the molecule is CC(C)c1ccc(Cl)c(S(=O)(=O)N2CCN[C@H](C)C2)c1.Cl. The van der Waals surface area contributed by atoms with Gasteiger partial charge in [0.25, 0.3) is 0 Å². The van der Waals surface area contributed by atoms with Crippen molar-refractivity contribution >= 4 is 34.0 Å². The lowest BCUT2D eigenvalue weighted by molar-refractivity contribution is 0.310. The number of rotatable bonds is 3. The Hall–Kier alpha value is -0.330. The molecular formula is C14H22Cl2N2O2S. The summed E-state index contributed by atoms with van der Waals surface area (Å²) >= 11 is 6.12. The molecule has 1 aromatic carbocycles.